The number of aliphatic hydroxyl groups excluding tert-OH is 1. The molecule has 106 valence electrons. The maximum absolute atomic E-state index is 9.58. The molecule has 0 aliphatic rings. The summed E-state index contributed by atoms with van der Waals surface area (Å²) < 4.78 is 1.02. The molecule has 3 heteroatoms. The van der Waals surface area contributed by atoms with Crippen LogP contribution < -0.4 is 0 Å². The Kier molecular flexibility index (Phi) is 5.30. The molecule has 0 bridgehead atoms. The smallest absolute Gasteiger partial charge is 0.0762 e. The lowest BCUT2D eigenvalue weighted by Crippen LogP contribution is -1.91. The molecule has 0 aliphatic heterocycles. The topological polar surface area (TPSA) is 20.2 Å². The predicted octanol–water partition coefficient (Wildman–Crippen LogP) is 5.78. The van der Waals surface area contributed by atoms with E-state index in [2.05, 4.69) is 54.0 Å². The molecule has 1 nitrogen and oxygen atoms in total. The molecule has 0 aromatic heterocycles. The van der Waals surface area contributed by atoms with Gasteiger partial charge >= 0.3 is 0 Å². The zero-order valence-corrected chi connectivity index (χ0v) is 14.3. The van der Waals surface area contributed by atoms with Gasteiger partial charge in [-0.05, 0) is 64.2 Å². The van der Waals surface area contributed by atoms with Crippen LogP contribution in [0.4, 0.5) is 0 Å². The first-order valence-electron chi connectivity index (χ1n) is 6.72. The Morgan fingerprint density at radius 3 is 2.05 bits per heavy atom. The number of halogens is 1. The van der Waals surface area contributed by atoms with E-state index in [1.54, 1.807) is 18.7 Å². The van der Waals surface area contributed by atoms with Crippen LogP contribution >= 0.6 is 27.7 Å². The average Bonchev–Trinajstić information content (AvgIpc) is 2.41. The van der Waals surface area contributed by atoms with Gasteiger partial charge in [0.25, 0.3) is 0 Å². The lowest BCUT2D eigenvalue weighted by molar-refractivity contribution is 0.199. The highest BCUT2D eigenvalue weighted by atomic mass is 79.9. The van der Waals surface area contributed by atoms with Crippen LogP contribution in [0.2, 0.25) is 0 Å². The van der Waals surface area contributed by atoms with Crippen LogP contribution in [0.5, 0.6) is 0 Å². The number of hydrogen-bond donors (Lipinski definition) is 1. The van der Waals surface area contributed by atoms with Crippen LogP contribution in [0.1, 0.15) is 43.9 Å². The maximum atomic E-state index is 9.58. The van der Waals surface area contributed by atoms with E-state index in [9.17, 15) is 5.11 Å². The van der Waals surface area contributed by atoms with Gasteiger partial charge in [-0.1, -0.05) is 43.8 Å². The lowest BCUT2D eigenvalue weighted by atomic mass is 10.0. The maximum Gasteiger partial charge on any atom is 0.0762 e. The quantitative estimate of drug-likeness (QED) is 0.754. The van der Waals surface area contributed by atoms with Crippen LogP contribution in [0.25, 0.3) is 0 Å². The third-order valence-electron chi connectivity index (χ3n) is 3.21. The fourth-order valence-corrected chi connectivity index (χ4v) is 3.37. The van der Waals surface area contributed by atoms with E-state index in [0.29, 0.717) is 5.92 Å². The Hall–Kier alpha value is -0.770. The summed E-state index contributed by atoms with van der Waals surface area (Å²) >= 11 is 5.31. The molecule has 0 fully saturated rings. The predicted molar refractivity (Wildman–Crippen MR) is 89.4 cm³/mol. The number of rotatable bonds is 4. The normalized spacial score (nSPS) is 12.7. The molecular weight excluding hydrogens is 332 g/mol. The monoisotopic (exact) mass is 350 g/mol. The minimum atomic E-state index is -0.435. The molecule has 0 amide bonds. The summed E-state index contributed by atoms with van der Waals surface area (Å²) in [6.07, 6.45) is -0.435. The van der Waals surface area contributed by atoms with Crippen LogP contribution in [0.15, 0.2) is 56.7 Å². The Morgan fingerprint density at radius 2 is 1.55 bits per heavy atom. The molecule has 0 radical (unpaired) electrons. The van der Waals surface area contributed by atoms with Gasteiger partial charge in [0.15, 0.2) is 0 Å². The second-order valence-electron chi connectivity index (χ2n) is 5.19. The van der Waals surface area contributed by atoms with E-state index < -0.39 is 6.10 Å². The highest BCUT2D eigenvalue weighted by molar-refractivity contribution is 9.10. The molecule has 0 heterocycles. The van der Waals surface area contributed by atoms with Crippen molar-refractivity contribution in [1.29, 1.82) is 0 Å². The third-order valence-corrected chi connectivity index (χ3v) is 5.22. The molecule has 2 aromatic rings. The van der Waals surface area contributed by atoms with Gasteiger partial charge in [0, 0.05) is 14.3 Å². The summed E-state index contributed by atoms with van der Waals surface area (Å²) in [6, 6.07) is 14.7. The van der Waals surface area contributed by atoms with Crippen molar-refractivity contribution in [3.05, 3.63) is 58.1 Å². The van der Waals surface area contributed by atoms with Gasteiger partial charge in [-0.15, -0.1) is 0 Å². The first-order chi connectivity index (χ1) is 9.47. The molecule has 1 atom stereocenters. The second-order valence-corrected chi connectivity index (χ2v) is 7.16. The van der Waals surface area contributed by atoms with Gasteiger partial charge in [0.05, 0.1) is 6.10 Å². The molecule has 0 saturated heterocycles. The van der Waals surface area contributed by atoms with Gasteiger partial charge in [-0.2, -0.15) is 0 Å². The number of hydrogen-bond acceptors (Lipinski definition) is 2. The van der Waals surface area contributed by atoms with Gasteiger partial charge in [-0.3, -0.25) is 0 Å². The zero-order chi connectivity index (χ0) is 14.7. The SMILES string of the molecule is CC(C)c1ccc(Sc2ccc([C@H](C)O)cc2Br)cc1. The molecule has 2 rings (SSSR count). The third kappa shape index (κ3) is 3.87. The van der Waals surface area contributed by atoms with Gasteiger partial charge in [-0.25, -0.2) is 0 Å². The first kappa shape index (κ1) is 15.6. The van der Waals surface area contributed by atoms with E-state index in [-0.39, 0.29) is 0 Å². The molecule has 0 unspecified atom stereocenters. The van der Waals surface area contributed by atoms with Gasteiger partial charge < -0.3 is 5.11 Å². The highest BCUT2D eigenvalue weighted by Gasteiger charge is 2.07. The molecule has 0 saturated carbocycles. The van der Waals surface area contributed by atoms with Crippen molar-refractivity contribution >= 4 is 27.7 Å². The number of benzene rings is 2. The highest BCUT2D eigenvalue weighted by Crippen LogP contribution is 2.35. The largest absolute Gasteiger partial charge is 0.389 e. The summed E-state index contributed by atoms with van der Waals surface area (Å²) in [5, 5.41) is 9.58. The standard InChI is InChI=1S/C17H19BrOS/c1-11(2)13-4-7-15(8-5-13)20-17-9-6-14(12(3)19)10-16(17)18/h4-12,19H,1-3H3/t12-/m0/s1. The summed E-state index contributed by atoms with van der Waals surface area (Å²) in [5.41, 5.74) is 2.29. The van der Waals surface area contributed by atoms with Crippen molar-refractivity contribution in [2.45, 2.75) is 42.6 Å². The van der Waals surface area contributed by atoms with E-state index >= 15 is 0 Å². The lowest BCUT2D eigenvalue weighted by Gasteiger charge is -2.10. The fourth-order valence-electron chi connectivity index (χ4n) is 1.91. The Labute approximate surface area is 133 Å². The van der Waals surface area contributed by atoms with E-state index in [0.717, 1.165) is 14.9 Å². The van der Waals surface area contributed by atoms with Gasteiger partial charge in [0.1, 0.15) is 0 Å². The summed E-state index contributed by atoms with van der Waals surface area (Å²) in [5.74, 6) is 0.561. The van der Waals surface area contributed by atoms with Crippen molar-refractivity contribution in [2.24, 2.45) is 0 Å². The first-order valence-corrected chi connectivity index (χ1v) is 8.33. The molecular formula is C17H19BrOS. The minimum absolute atomic E-state index is 0.435. The van der Waals surface area contributed by atoms with Crippen LogP contribution in [-0.2, 0) is 0 Å². The Balaban J connectivity index is 2.17. The summed E-state index contributed by atoms with van der Waals surface area (Å²) in [4.78, 5) is 2.38. The summed E-state index contributed by atoms with van der Waals surface area (Å²) in [7, 11) is 0. The molecule has 0 aliphatic carbocycles. The Morgan fingerprint density at radius 1 is 0.950 bits per heavy atom. The van der Waals surface area contributed by atoms with Crippen molar-refractivity contribution < 1.29 is 5.11 Å². The number of aliphatic hydroxyl groups is 1. The van der Waals surface area contributed by atoms with Crippen molar-refractivity contribution in [3.63, 3.8) is 0 Å². The average molecular weight is 351 g/mol. The fraction of sp³-hybridized carbons (Fsp3) is 0.294. The second kappa shape index (κ2) is 6.79. The summed E-state index contributed by atoms with van der Waals surface area (Å²) in [6.45, 7) is 6.18. The van der Waals surface area contributed by atoms with E-state index in [4.69, 9.17) is 0 Å². The van der Waals surface area contributed by atoms with Crippen molar-refractivity contribution in [2.75, 3.05) is 0 Å². The van der Waals surface area contributed by atoms with Gasteiger partial charge in [0.2, 0.25) is 0 Å². The van der Waals surface area contributed by atoms with E-state index in [1.165, 1.54) is 10.5 Å². The van der Waals surface area contributed by atoms with Crippen molar-refractivity contribution in [1.82, 2.24) is 0 Å². The van der Waals surface area contributed by atoms with Crippen LogP contribution in [0.3, 0.4) is 0 Å². The zero-order valence-electron chi connectivity index (χ0n) is 11.9. The Bertz CT molecular complexity index is 576. The van der Waals surface area contributed by atoms with Crippen LogP contribution in [0, 0.1) is 0 Å². The molecule has 20 heavy (non-hydrogen) atoms. The molecule has 2 aromatic carbocycles. The molecule has 0 spiro atoms. The minimum Gasteiger partial charge on any atom is -0.389 e. The van der Waals surface area contributed by atoms with E-state index in [1.807, 2.05) is 18.2 Å². The van der Waals surface area contributed by atoms with Crippen molar-refractivity contribution in [3.8, 4) is 0 Å². The molecule has 1 N–H and O–H groups in total. The van der Waals surface area contributed by atoms with Crippen LogP contribution in [-0.4, -0.2) is 5.11 Å².